The lowest BCUT2D eigenvalue weighted by molar-refractivity contribution is 0.0768. The molecule has 1 fully saturated rings. The summed E-state index contributed by atoms with van der Waals surface area (Å²) < 4.78 is 41.4. The largest absolute Gasteiger partial charge is 0.337 e. The van der Waals surface area contributed by atoms with Crippen molar-refractivity contribution < 1.29 is 17.6 Å². The van der Waals surface area contributed by atoms with E-state index in [9.17, 15) is 17.6 Å². The lowest BCUT2D eigenvalue weighted by Crippen LogP contribution is -2.38. The van der Waals surface area contributed by atoms with E-state index in [1.807, 2.05) is 6.92 Å². The molecule has 5 nitrogen and oxygen atoms in total. The van der Waals surface area contributed by atoms with E-state index >= 15 is 0 Å². The van der Waals surface area contributed by atoms with E-state index in [2.05, 4.69) is 4.98 Å². The molecule has 0 radical (unpaired) electrons. The number of hydrogen-bond donors (Lipinski definition) is 0. The smallest absolute Gasteiger partial charge is 0.256 e. The van der Waals surface area contributed by atoms with Crippen molar-refractivity contribution in [1.29, 1.82) is 0 Å². The molecule has 0 aliphatic carbocycles. The van der Waals surface area contributed by atoms with Crippen LogP contribution in [0.5, 0.6) is 0 Å². The third-order valence-corrected chi connectivity index (χ3v) is 8.03. The number of sulfone groups is 1. The molecule has 2 heterocycles. The van der Waals surface area contributed by atoms with Gasteiger partial charge in [-0.3, -0.25) is 9.78 Å². The fourth-order valence-corrected chi connectivity index (χ4v) is 6.06. The van der Waals surface area contributed by atoms with Gasteiger partial charge in [0.2, 0.25) is 9.84 Å². The minimum absolute atomic E-state index is 0.0143. The second-order valence-electron chi connectivity index (χ2n) is 7.07. The molecule has 0 bridgehead atoms. The van der Waals surface area contributed by atoms with E-state index in [1.54, 1.807) is 28.8 Å². The standard InChI is InChI=1S/C22H21FN2O3S2/c1-2-15-3-6-17(7-4-15)30(27,28)21-18-13-16(23)5-8-20(18)24-14-19(21)22(26)25-9-11-29-12-10-25/h3-8,13-14H,2,9-12H2,1H3. The summed E-state index contributed by atoms with van der Waals surface area (Å²) >= 11 is 1.75. The maximum atomic E-state index is 14.1. The molecule has 0 spiro atoms. The van der Waals surface area contributed by atoms with Gasteiger partial charge in [0.05, 0.1) is 20.9 Å². The number of carbonyl (C=O) groups excluding carboxylic acids is 1. The number of benzene rings is 2. The van der Waals surface area contributed by atoms with Crippen molar-refractivity contribution >= 4 is 38.4 Å². The van der Waals surface area contributed by atoms with Gasteiger partial charge in [-0.2, -0.15) is 11.8 Å². The number of nitrogens with zero attached hydrogens (tertiary/aromatic N) is 2. The molecule has 1 amide bonds. The Morgan fingerprint density at radius 3 is 2.50 bits per heavy atom. The molecule has 1 saturated heterocycles. The van der Waals surface area contributed by atoms with Crippen LogP contribution in [0.25, 0.3) is 10.9 Å². The van der Waals surface area contributed by atoms with Crippen molar-refractivity contribution in [2.45, 2.75) is 23.1 Å². The second kappa shape index (κ2) is 8.35. The summed E-state index contributed by atoms with van der Waals surface area (Å²) in [6.45, 7) is 3.06. The molecule has 0 N–H and O–H groups in total. The normalized spacial score (nSPS) is 14.8. The predicted octanol–water partition coefficient (Wildman–Crippen LogP) is 3.96. The van der Waals surface area contributed by atoms with Crippen molar-refractivity contribution in [3.63, 3.8) is 0 Å². The van der Waals surface area contributed by atoms with Gasteiger partial charge in [0.25, 0.3) is 5.91 Å². The van der Waals surface area contributed by atoms with Crippen LogP contribution >= 0.6 is 11.8 Å². The van der Waals surface area contributed by atoms with Gasteiger partial charge in [0.15, 0.2) is 0 Å². The number of carbonyl (C=O) groups is 1. The molecule has 0 unspecified atom stereocenters. The Labute approximate surface area is 179 Å². The van der Waals surface area contributed by atoms with E-state index in [0.717, 1.165) is 29.6 Å². The summed E-state index contributed by atoms with van der Waals surface area (Å²) in [4.78, 5) is 19.0. The van der Waals surface area contributed by atoms with Gasteiger partial charge >= 0.3 is 0 Å². The van der Waals surface area contributed by atoms with Crippen molar-refractivity contribution in [2.75, 3.05) is 24.6 Å². The number of hydrogen-bond acceptors (Lipinski definition) is 5. The lowest BCUT2D eigenvalue weighted by Gasteiger charge is -2.27. The van der Waals surface area contributed by atoms with E-state index in [-0.39, 0.29) is 20.7 Å². The first-order chi connectivity index (χ1) is 14.4. The molecule has 30 heavy (non-hydrogen) atoms. The SMILES string of the molecule is CCc1ccc(S(=O)(=O)c2c(C(=O)N3CCSCC3)cnc3ccc(F)cc23)cc1. The van der Waals surface area contributed by atoms with Crippen LogP contribution in [0.2, 0.25) is 0 Å². The number of aromatic nitrogens is 1. The summed E-state index contributed by atoms with van der Waals surface area (Å²) in [6.07, 6.45) is 2.08. The number of amides is 1. The van der Waals surface area contributed by atoms with Gasteiger partial charge in [0, 0.05) is 36.2 Å². The zero-order valence-corrected chi connectivity index (χ0v) is 18.1. The fraction of sp³-hybridized carbons (Fsp3) is 0.273. The monoisotopic (exact) mass is 444 g/mol. The third kappa shape index (κ3) is 3.81. The molecular formula is C22H21FN2O3S2. The topological polar surface area (TPSA) is 67.3 Å². The van der Waals surface area contributed by atoms with Gasteiger partial charge in [-0.15, -0.1) is 0 Å². The maximum Gasteiger partial charge on any atom is 0.256 e. The van der Waals surface area contributed by atoms with E-state index in [4.69, 9.17) is 0 Å². The molecule has 8 heteroatoms. The lowest BCUT2D eigenvalue weighted by atomic mass is 10.1. The second-order valence-corrected chi connectivity index (χ2v) is 10.2. The highest BCUT2D eigenvalue weighted by Crippen LogP contribution is 2.32. The summed E-state index contributed by atoms with van der Waals surface area (Å²) in [5.41, 5.74) is 1.31. The first-order valence-corrected chi connectivity index (χ1v) is 12.3. The van der Waals surface area contributed by atoms with Gasteiger partial charge < -0.3 is 4.90 Å². The quantitative estimate of drug-likeness (QED) is 0.609. The molecule has 1 aliphatic heterocycles. The molecule has 2 aromatic carbocycles. The molecule has 156 valence electrons. The number of fused-ring (bicyclic) bond motifs is 1. The zero-order chi connectivity index (χ0) is 21.3. The maximum absolute atomic E-state index is 14.1. The van der Waals surface area contributed by atoms with Crippen LogP contribution in [0.3, 0.4) is 0 Å². The summed E-state index contributed by atoms with van der Waals surface area (Å²) in [5, 5.41) is 0.117. The van der Waals surface area contributed by atoms with Gasteiger partial charge in [0.1, 0.15) is 5.82 Å². The van der Waals surface area contributed by atoms with Crippen LogP contribution in [-0.4, -0.2) is 48.8 Å². The van der Waals surface area contributed by atoms with Crippen LogP contribution in [0, 0.1) is 5.82 Å². The number of rotatable bonds is 4. The number of pyridine rings is 1. The first kappa shape index (κ1) is 20.8. The highest BCUT2D eigenvalue weighted by Gasteiger charge is 2.30. The third-order valence-electron chi connectivity index (χ3n) is 5.22. The molecule has 3 aromatic rings. The van der Waals surface area contributed by atoms with E-state index in [0.29, 0.717) is 18.6 Å². The van der Waals surface area contributed by atoms with Crippen molar-refractivity contribution in [1.82, 2.24) is 9.88 Å². The van der Waals surface area contributed by atoms with Crippen molar-refractivity contribution in [3.8, 4) is 0 Å². The molecule has 4 rings (SSSR count). The highest BCUT2D eigenvalue weighted by molar-refractivity contribution is 7.99. The molecule has 0 saturated carbocycles. The zero-order valence-electron chi connectivity index (χ0n) is 16.5. The summed E-state index contributed by atoms with van der Waals surface area (Å²) in [5.74, 6) is 0.614. The predicted molar refractivity (Wildman–Crippen MR) is 116 cm³/mol. The molecule has 1 aromatic heterocycles. The number of thioether (sulfide) groups is 1. The van der Waals surface area contributed by atoms with Gasteiger partial charge in [-0.05, 0) is 42.3 Å². The summed E-state index contributed by atoms with van der Waals surface area (Å²) in [6, 6.07) is 10.4. The Hall–Kier alpha value is -2.45. The van der Waals surface area contributed by atoms with Gasteiger partial charge in [-0.1, -0.05) is 19.1 Å². The minimum atomic E-state index is -4.08. The average Bonchev–Trinajstić information content (AvgIpc) is 2.78. The highest BCUT2D eigenvalue weighted by atomic mass is 32.2. The Bertz CT molecular complexity index is 1210. The van der Waals surface area contributed by atoms with Crippen LogP contribution in [0.1, 0.15) is 22.8 Å². The van der Waals surface area contributed by atoms with Crippen molar-refractivity contribution in [3.05, 3.63) is 65.6 Å². The van der Waals surface area contributed by atoms with E-state index in [1.165, 1.54) is 30.5 Å². The van der Waals surface area contributed by atoms with E-state index < -0.39 is 21.6 Å². The Morgan fingerprint density at radius 2 is 1.83 bits per heavy atom. The summed E-state index contributed by atoms with van der Waals surface area (Å²) in [7, 11) is -4.08. The van der Waals surface area contributed by atoms with Crippen LogP contribution in [0.4, 0.5) is 4.39 Å². The fourth-order valence-electron chi connectivity index (χ4n) is 3.54. The van der Waals surface area contributed by atoms with Crippen LogP contribution < -0.4 is 0 Å². The number of aryl methyl sites for hydroxylation is 1. The number of halogens is 1. The first-order valence-electron chi connectivity index (χ1n) is 9.71. The molecular weight excluding hydrogens is 423 g/mol. The molecule has 1 aliphatic rings. The average molecular weight is 445 g/mol. The minimum Gasteiger partial charge on any atom is -0.337 e. The Morgan fingerprint density at radius 1 is 1.13 bits per heavy atom. The van der Waals surface area contributed by atoms with Gasteiger partial charge in [-0.25, -0.2) is 12.8 Å². The molecule has 0 atom stereocenters. The Balaban J connectivity index is 1.94. The van der Waals surface area contributed by atoms with Crippen LogP contribution in [-0.2, 0) is 16.3 Å². The van der Waals surface area contributed by atoms with Crippen LogP contribution in [0.15, 0.2) is 58.5 Å². The Kier molecular flexibility index (Phi) is 5.79. The van der Waals surface area contributed by atoms with Crippen molar-refractivity contribution in [2.24, 2.45) is 0 Å².